The first-order chi connectivity index (χ1) is 13.3. The van der Waals surface area contributed by atoms with Gasteiger partial charge in [0.25, 0.3) is 11.6 Å². The number of rotatable bonds is 5. The fraction of sp³-hybridized carbons (Fsp3) is 0.100. The standard InChI is InChI=1S/C20H15ClN2O5/c1-12(28-20(25)17-11-15(21)7-9-18(17)23(26)27)19(24)22-16-8-6-13-4-2-3-5-14(13)10-16/h2-12H,1H3,(H,22,24)/t12-/m1/s1. The highest BCUT2D eigenvalue weighted by atomic mass is 35.5. The molecule has 0 radical (unpaired) electrons. The highest BCUT2D eigenvalue weighted by molar-refractivity contribution is 6.31. The zero-order valence-electron chi connectivity index (χ0n) is 14.7. The molecule has 1 N–H and O–H groups in total. The molecule has 3 aromatic carbocycles. The van der Waals surface area contributed by atoms with Crippen molar-refractivity contribution in [3.8, 4) is 0 Å². The van der Waals surface area contributed by atoms with Crippen LogP contribution in [0.15, 0.2) is 60.7 Å². The van der Waals surface area contributed by atoms with Crippen molar-refractivity contribution < 1.29 is 19.2 Å². The Hall–Kier alpha value is -3.45. The normalized spacial score (nSPS) is 11.6. The quantitative estimate of drug-likeness (QED) is 0.385. The predicted octanol–water partition coefficient (Wildman–Crippen LogP) is 4.59. The topological polar surface area (TPSA) is 98.5 Å². The molecule has 142 valence electrons. The van der Waals surface area contributed by atoms with Gasteiger partial charge in [0.1, 0.15) is 5.56 Å². The summed E-state index contributed by atoms with van der Waals surface area (Å²) in [7, 11) is 0. The Morgan fingerprint density at radius 1 is 1.07 bits per heavy atom. The van der Waals surface area contributed by atoms with E-state index in [0.717, 1.165) is 22.9 Å². The van der Waals surface area contributed by atoms with Crippen molar-refractivity contribution >= 4 is 45.6 Å². The Bertz CT molecular complexity index is 1080. The smallest absolute Gasteiger partial charge is 0.345 e. The van der Waals surface area contributed by atoms with Crippen molar-refractivity contribution in [1.29, 1.82) is 0 Å². The fourth-order valence-electron chi connectivity index (χ4n) is 2.62. The van der Waals surface area contributed by atoms with Crippen molar-refractivity contribution in [1.82, 2.24) is 0 Å². The van der Waals surface area contributed by atoms with Crippen LogP contribution in [0.1, 0.15) is 17.3 Å². The SMILES string of the molecule is C[C@@H](OC(=O)c1cc(Cl)ccc1[N+](=O)[O-])C(=O)Nc1ccc2ccccc2c1. The number of nitro benzene ring substituents is 1. The van der Waals surface area contributed by atoms with Crippen molar-refractivity contribution in [2.45, 2.75) is 13.0 Å². The van der Waals surface area contributed by atoms with Gasteiger partial charge in [0.2, 0.25) is 0 Å². The van der Waals surface area contributed by atoms with Gasteiger partial charge >= 0.3 is 5.97 Å². The average molecular weight is 399 g/mol. The maximum atomic E-state index is 12.4. The first-order valence-corrected chi connectivity index (χ1v) is 8.67. The fourth-order valence-corrected chi connectivity index (χ4v) is 2.79. The number of fused-ring (bicyclic) bond motifs is 1. The highest BCUT2D eigenvalue weighted by Gasteiger charge is 2.25. The van der Waals surface area contributed by atoms with Gasteiger partial charge in [0.05, 0.1) is 4.92 Å². The Kier molecular flexibility index (Phi) is 5.56. The molecule has 1 atom stereocenters. The van der Waals surface area contributed by atoms with Crippen LogP contribution >= 0.6 is 11.6 Å². The Morgan fingerprint density at radius 2 is 1.79 bits per heavy atom. The molecule has 0 unspecified atom stereocenters. The summed E-state index contributed by atoms with van der Waals surface area (Å²) in [5.41, 5.74) is -0.222. The van der Waals surface area contributed by atoms with Gasteiger partial charge in [-0.2, -0.15) is 0 Å². The third kappa shape index (κ3) is 4.27. The van der Waals surface area contributed by atoms with E-state index in [2.05, 4.69) is 5.32 Å². The zero-order chi connectivity index (χ0) is 20.3. The summed E-state index contributed by atoms with van der Waals surface area (Å²) >= 11 is 5.81. The van der Waals surface area contributed by atoms with E-state index in [1.54, 1.807) is 12.1 Å². The van der Waals surface area contributed by atoms with Gasteiger partial charge in [-0.1, -0.05) is 41.9 Å². The number of nitrogens with one attached hydrogen (secondary N) is 1. The lowest BCUT2D eigenvalue weighted by Crippen LogP contribution is -2.30. The summed E-state index contributed by atoms with van der Waals surface area (Å²) in [6.45, 7) is 1.38. The monoisotopic (exact) mass is 398 g/mol. The van der Waals surface area contributed by atoms with Crippen LogP contribution in [0.25, 0.3) is 10.8 Å². The van der Waals surface area contributed by atoms with Gasteiger partial charge in [-0.05, 0) is 42.0 Å². The molecule has 0 spiro atoms. The van der Waals surface area contributed by atoms with E-state index in [1.165, 1.54) is 13.0 Å². The van der Waals surface area contributed by atoms with Gasteiger partial charge in [-0.15, -0.1) is 0 Å². The lowest BCUT2D eigenvalue weighted by Gasteiger charge is -2.14. The number of halogens is 1. The van der Waals surface area contributed by atoms with Crippen LogP contribution in [0, 0.1) is 10.1 Å². The van der Waals surface area contributed by atoms with E-state index >= 15 is 0 Å². The zero-order valence-corrected chi connectivity index (χ0v) is 15.5. The van der Waals surface area contributed by atoms with E-state index in [9.17, 15) is 19.7 Å². The number of ether oxygens (including phenoxy) is 1. The van der Waals surface area contributed by atoms with Crippen molar-refractivity contribution in [3.63, 3.8) is 0 Å². The van der Waals surface area contributed by atoms with E-state index < -0.39 is 28.6 Å². The molecule has 0 aromatic heterocycles. The number of carbonyl (C=O) groups excluding carboxylic acids is 2. The minimum Gasteiger partial charge on any atom is -0.449 e. The number of hydrogen-bond donors (Lipinski definition) is 1. The molecule has 3 rings (SSSR count). The molecular weight excluding hydrogens is 384 g/mol. The molecule has 8 heteroatoms. The molecule has 0 aliphatic carbocycles. The minimum absolute atomic E-state index is 0.144. The number of amides is 1. The van der Waals surface area contributed by atoms with E-state index in [4.69, 9.17) is 16.3 Å². The first kappa shape index (κ1) is 19.3. The molecule has 1 amide bonds. The van der Waals surface area contributed by atoms with Crippen LogP contribution in [0.4, 0.5) is 11.4 Å². The van der Waals surface area contributed by atoms with Gasteiger partial charge in [0.15, 0.2) is 6.10 Å². The van der Waals surface area contributed by atoms with Crippen LogP contribution in [0.2, 0.25) is 5.02 Å². The highest BCUT2D eigenvalue weighted by Crippen LogP contribution is 2.24. The third-order valence-electron chi connectivity index (χ3n) is 4.05. The molecule has 7 nitrogen and oxygen atoms in total. The lowest BCUT2D eigenvalue weighted by molar-refractivity contribution is -0.385. The van der Waals surface area contributed by atoms with Crippen LogP contribution in [0.3, 0.4) is 0 Å². The Balaban J connectivity index is 1.72. The van der Waals surface area contributed by atoms with Crippen LogP contribution in [-0.4, -0.2) is 22.9 Å². The second-order valence-electron chi connectivity index (χ2n) is 6.02. The second kappa shape index (κ2) is 8.06. The summed E-state index contributed by atoms with van der Waals surface area (Å²) in [6.07, 6.45) is -1.17. The van der Waals surface area contributed by atoms with E-state index in [-0.39, 0.29) is 10.6 Å². The van der Waals surface area contributed by atoms with E-state index in [1.807, 2.05) is 30.3 Å². The maximum absolute atomic E-state index is 12.4. The Labute approximate surface area is 165 Å². The minimum atomic E-state index is -1.17. The maximum Gasteiger partial charge on any atom is 0.345 e. The molecule has 28 heavy (non-hydrogen) atoms. The molecule has 3 aromatic rings. The second-order valence-corrected chi connectivity index (χ2v) is 6.45. The largest absolute Gasteiger partial charge is 0.449 e. The molecule has 0 aliphatic rings. The summed E-state index contributed by atoms with van der Waals surface area (Å²) < 4.78 is 5.09. The van der Waals surface area contributed by atoms with E-state index in [0.29, 0.717) is 5.69 Å². The number of anilines is 1. The van der Waals surface area contributed by atoms with Crippen molar-refractivity contribution in [3.05, 3.63) is 81.4 Å². The number of hydrogen-bond acceptors (Lipinski definition) is 5. The summed E-state index contributed by atoms with van der Waals surface area (Å²) in [5, 5.41) is 15.9. The molecule has 0 saturated heterocycles. The number of esters is 1. The average Bonchev–Trinajstić information content (AvgIpc) is 2.67. The predicted molar refractivity (Wildman–Crippen MR) is 106 cm³/mol. The third-order valence-corrected chi connectivity index (χ3v) is 4.28. The number of nitrogens with zero attached hydrogens (tertiary/aromatic N) is 1. The lowest BCUT2D eigenvalue weighted by atomic mass is 10.1. The molecule has 0 saturated carbocycles. The summed E-state index contributed by atoms with van der Waals surface area (Å²) in [4.78, 5) is 35.0. The van der Waals surface area contributed by atoms with Gasteiger partial charge in [-0.25, -0.2) is 4.79 Å². The van der Waals surface area contributed by atoms with Crippen molar-refractivity contribution in [2.24, 2.45) is 0 Å². The Morgan fingerprint density at radius 3 is 2.50 bits per heavy atom. The molecule has 0 bridgehead atoms. The molecule has 0 aliphatic heterocycles. The van der Waals surface area contributed by atoms with Crippen LogP contribution in [-0.2, 0) is 9.53 Å². The molecule has 0 fully saturated rings. The number of carbonyl (C=O) groups is 2. The summed E-state index contributed by atoms with van der Waals surface area (Å²) in [5.74, 6) is -1.57. The van der Waals surface area contributed by atoms with Crippen molar-refractivity contribution in [2.75, 3.05) is 5.32 Å². The van der Waals surface area contributed by atoms with Gasteiger partial charge in [0, 0.05) is 16.8 Å². The molecule has 0 heterocycles. The molecular formula is C20H15ClN2O5. The summed E-state index contributed by atoms with van der Waals surface area (Å²) in [6, 6.07) is 16.6. The first-order valence-electron chi connectivity index (χ1n) is 8.30. The van der Waals surface area contributed by atoms with Crippen LogP contribution in [0.5, 0.6) is 0 Å². The van der Waals surface area contributed by atoms with Gasteiger partial charge in [-0.3, -0.25) is 14.9 Å². The number of benzene rings is 3. The van der Waals surface area contributed by atoms with Crippen LogP contribution < -0.4 is 5.32 Å². The number of nitro groups is 1. The van der Waals surface area contributed by atoms with Gasteiger partial charge < -0.3 is 10.1 Å².